The van der Waals surface area contributed by atoms with Gasteiger partial charge in [-0.1, -0.05) is 48.0 Å². The highest BCUT2D eigenvalue weighted by atomic mass is 35.5. The third-order valence-electron chi connectivity index (χ3n) is 6.45. The molecule has 2 aromatic rings. The molecule has 3 amide bonds. The number of halogens is 2. The molecule has 9 heteroatoms. The van der Waals surface area contributed by atoms with E-state index in [9.17, 15) is 18.8 Å². The summed E-state index contributed by atoms with van der Waals surface area (Å²) >= 11 is 6.07. The molecule has 35 heavy (non-hydrogen) atoms. The van der Waals surface area contributed by atoms with Crippen LogP contribution in [-0.4, -0.2) is 53.7 Å². The first-order valence-corrected chi connectivity index (χ1v) is 12.0. The highest BCUT2D eigenvalue weighted by molar-refractivity contribution is 6.33. The van der Waals surface area contributed by atoms with Gasteiger partial charge in [0.15, 0.2) is 0 Å². The van der Waals surface area contributed by atoms with Crippen molar-refractivity contribution in [1.29, 1.82) is 0 Å². The van der Waals surface area contributed by atoms with E-state index in [4.69, 9.17) is 17.3 Å². The lowest BCUT2D eigenvalue weighted by Gasteiger charge is -2.24. The predicted molar refractivity (Wildman–Crippen MR) is 131 cm³/mol. The molecule has 2 aromatic carbocycles. The first-order chi connectivity index (χ1) is 16.8. The summed E-state index contributed by atoms with van der Waals surface area (Å²) in [6, 6.07) is 13.8. The fourth-order valence-electron chi connectivity index (χ4n) is 4.67. The maximum atomic E-state index is 14.2. The van der Waals surface area contributed by atoms with E-state index in [0.717, 1.165) is 24.2 Å². The van der Waals surface area contributed by atoms with Gasteiger partial charge in [0.2, 0.25) is 11.8 Å². The van der Waals surface area contributed by atoms with E-state index >= 15 is 0 Å². The Balaban J connectivity index is 1.36. The molecule has 2 aliphatic rings. The van der Waals surface area contributed by atoms with Gasteiger partial charge in [-0.2, -0.15) is 0 Å². The highest BCUT2D eigenvalue weighted by Gasteiger charge is 2.36. The molecular weight excluding hydrogens is 471 g/mol. The van der Waals surface area contributed by atoms with Crippen molar-refractivity contribution in [3.63, 3.8) is 0 Å². The monoisotopic (exact) mass is 498 g/mol. The minimum absolute atomic E-state index is 0.0165. The number of carbonyl (C=O) groups excluding carboxylic acids is 3. The summed E-state index contributed by atoms with van der Waals surface area (Å²) in [6.07, 6.45) is 2.59. The summed E-state index contributed by atoms with van der Waals surface area (Å²) in [5, 5.41) is 3.13. The molecule has 2 aliphatic heterocycles. The molecule has 7 nitrogen and oxygen atoms in total. The van der Waals surface area contributed by atoms with E-state index in [1.165, 1.54) is 18.2 Å². The fraction of sp³-hybridized carbons (Fsp3) is 0.346. The number of nitrogens with one attached hydrogen (secondary N) is 1. The van der Waals surface area contributed by atoms with Crippen LogP contribution in [0.2, 0.25) is 5.02 Å². The van der Waals surface area contributed by atoms with Crippen LogP contribution < -0.4 is 11.1 Å². The average molecular weight is 499 g/mol. The van der Waals surface area contributed by atoms with Crippen molar-refractivity contribution in [3.05, 3.63) is 82.3 Å². The zero-order valence-electron chi connectivity index (χ0n) is 19.3. The van der Waals surface area contributed by atoms with Gasteiger partial charge < -0.3 is 16.0 Å². The van der Waals surface area contributed by atoms with Gasteiger partial charge in [-0.3, -0.25) is 19.3 Å². The molecule has 1 saturated heterocycles. The van der Waals surface area contributed by atoms with Gasteiger partial charge in [0.05, 0.1) is 16.6 Å². The third kappa shape index (κ3) is 6.07. The topological polar surface area (TPSA) is 95.7 Å². The first kappa shape index (κ1) is 24.9. The van der Waals surface area contributed by atoms with Crippen LogP contribution in [-0.2, 0) is 9.59 Å². The largest absolute Gasteiger partial charge is 0.370 e. The molecule has 4 rings (SSSR count). The van der Waals surface area contributed by atoms with Crippen LogP contribution in [0.4, 0.5) is 4.39 Å². The van der Waals surface area contributed by atoms with Gasteiger partial charge in [-0.25, -0.2) is 4.39 Å². The van der Waals surface area contributed by atoms with Crippen molar-refractivity contribution in [2.75, 3.05) is 26.2 Å². The van der Waals surface area contributed by atoms with Gasteiger partial charge in [-0.05, 0) is 29.7 Å². The highest BCUT2D eigenvalue weighted by Crippen LogP contribution is 2.32. The van der Waals surface area contributed by atoms with Crippen molar-refractivity contribution >= 4 is 29.3 Å². The van der Waals surface area contributed by atoms with Crippen LogP contribution in [0.15, 0.2) is 60.3 Å². The van der Waals surface area contributed by atoms with Crippen LogP contribution in [0, 0.1) is 11.7 Å². The normalized spacial score (nSPS) is 18.2. The second-order valence-electron chi connectivity index (χ2n) is 8.98. The molecule has 2 heterocycles. The first-order valence-electron chi connectivity index (χ1n) is 11.6. The van der Waals surface area contributed by atoms with Crippen molar-refractivity contribution < 1.29 is 18.8 Å². The summed E-state index contributed by atoms with van der Waals surface area (Å²) < 4.78 is 14.2. The standard InChI is InChI=1S/C26H28ClFN4O3/c27-20-7-4-8-21(28)25(20)26(35)32-15-18-13-31(14-19(18)16-32)12-11-22(17-5-2-1-3-6-17)30-24(34)10-9-23(29)33/h1-8,15,19,22H,9-14,16H2,(H2,29,33)(H,30,34)/t19?,22-/m0/s1. The molecule has 0 spiro atoms. The summed E-state index contributed by atoms with van der Waals surface area (Å²) in [6.45, 7) is 2.71. The lowest BCUT2D eigenvalue weighted by Crippen LogP contribution is -2.34. The lowest BCUT2D eigenvalue weighted by atomic mass is 10.0. The summed E-state index contributed by atoms with van der Waals surface area (Å²) in [7, 11) is 0. The SMILES string of the molecule is NC(=O)CCC(=O)N[C@@H](CCN1CC2=CN(C(=O)c3c(F)cccc3Cl)CC2C1)c1ccccc1. The number of hydrogen-bond acceptors (Lipinski definition) is 4. The lowest BCUT2D eigenvalue weighted by molar-refractivity contribution is -0.125. The van der Waals surface area contributed by atoms with Crippen molar-refractivity contribution in [2.45, 2.75) is 25.3 Å². The Morgan fingerprint density at radius 2 is 1.86 bits per heavy atom. The Bertz CT molecular complexity index is 1120. The molecule has 1 unspecified atom stereocenters. The van der Waals surface area contributed by atoms with Crippen LogP contribution in [0.1, 0.15) is 41.2 Å². The maximum absolute atomic E-state index is 14.2. The number of carbonyl (C=O) groups is 3. The Morgan fingerprint density at radius 3 is 2.54 bits per heavy atom. The smallest absolute Gasteiger partial charge is 0.262 e. The van der Waals surface area contributed by atoms with Crippen molar-refractivity contribution in [2.24, 2.45) is 11.7 Å². The molecule has 2 atom stereocenters. The summed E-state index contributed by atoms with van der Waals surface area (Å²) in [5.41, 5.74) is 7.20. The Labute approximate surface area is 208 Å². The zero-order chi connectivity index (χ0) is 24.9. The number of fused-ring (bicyclic) bond motifs is 1. The zero-order valence-corrected chi connectivity index (χ0v) is 20.0. The van der Waals surface area contributed by atoms with Gasteiger partial charge in [-0.15, -0.1) is 0 Å². The van der Waals surface area contributed by atoms with Gasteiger partial charge in [0, 0.05) is 51.1 Å². The number of nitrogens with two attached hydrogens (primary N) is 1. The molecule has 0 aliphatic carbocycles. The molecule has 3 N–H and O–H groups in total. The van der Waals surface area contributed by atoms with Crippen molar-refractivity contribution in [1.82, 2.24) is 15.1 Å². The molecule has 1 fully saturated rings. The van der Waals surface area contributed by atoms with E-state index in [-0.39, 0.29) is 41.3 Å². The summed E-state index contributed by atoms with van der Waals surface area (Å²) in [5.74, 6) is -1.57. The minimum Gasteiger partial charge on any atom is -0.370 e. The van der Waals surface area contributed by atoms with E-state index in [1.807, 2.05) is 36.5 Å². The molecular formula is C26H28ClFN4O3. The van der Waals surface area contributed by atoms with Gasteiger partial charge >= 0.3 is 0 Å². The fourth-order valence-corrected chi connectivity index (χ4v) is 4.92. The van der Waals surface area contributed by atoms with Crippen molar-refractivity contribution in [3.8, 4) is 0 Å². The van der Waals surface area contributed by atoms with E-state index in [0.29, 0.717) is 19.5 Å². The third-order valence-corrected chi connectivity index (χ3v) is 6.77. The minimum atomic E-state index is -0.621. The number of hydrogen-bond donors (Lipinski definition) is 2. The molecule has 0 bridgehead atoms. The Hall–Kier alpha value is -3.23. The van der Waals surface area contributed by atoms with Gasteiger partial charge in [0.1, 0.15) is 5.82 Å². The molecule has 0 aromatic heterocycles. The van der Waals surface area contributed by atoms with E-state index in [1.54, 1.807) is 4.90 Å². The Morgan fingerprint density at radius 1 is 1.09 bits per heavy atom. The number of nitrogens with zero attached hydrogens (tertiary/aromatic N) is 2. The number of amides is 3. The van der Waals surface area contributed by atoms with E-state index in [2.05, 4.69) is 10.2 Å². The molecule has 0 saturated carbocycles. The average Bonchev–Trinajstić information content (AvgIpc) is 3.40. The number of benzene rings is 2. The maximum Gasteiger partial charge on any atom is 0.262 e. The predicted octanol–water partition coefficient (Wildman–Crippen LogP) is 3.26. The van der Waals surface area contributed by atoms with Crippen LogP contribution >= 0.6 is 11.6 Å². The van der Waals surface area contributed by atoms with Crippen LogP contribution in [0.5, 0.6) is 0 Å². The second-order valence-corrected chi connectivity index (χ2v) is 9.38. The van der Waals surface area contributed by atoms with E-state index < -0.39 is 17.6 Å². The van der Waals surface area contributed by atoms with Crippen LogP contribution in [0.3, 0.4) is 0 Å². The number of likely N-dealkylation sites (tertiary alicyclic amines) is 1. The number of rotatable bonds is 9. The molecule has 0 radical (unpaired) electrons. The Kier molecular flexibility index (Phi) is 7.83. The second kappa shape index (κ2) is 11.0. The number of primary amides is 1. The van der Waals surface area contributed by atoms with Gasteiger partial charge in [0.25, 0.3) is 5.91 Å². The molecule has 184 valence electrons. The van der Waals surface area contributed by atoms with Crippen LogP contribution in [0.25, 0.3) is 0 Å². The summed E-state index contributed by atoms with van der Waals surface area (Å²) in [4.78, 5) is 40.0. The quantitative estimate of drug-likeness (QED) is 0.554.